The van der Waals surface area contributed by atoms with E-state index in [1.807, 2.05) is 12.1 Å². The molecule has 0 heterocycles. The fourth-order valence-electron chi connectivity index (χ4n) is 1.56. The van der Waals surface area contributed by atoms with E-state index in [0.717, 1.165) is 18.7 Å². The maximum atomic E-state index is 8.97. The number of anilines is 1. The Morgan fingerprint density at radius 3 is 2.81 bits per heavy atom. The molecule has 3 heteroatoms. The van der Waals surface area contributed by atoms with Crippen LogP contribution in [-0.4, -0.2) is 6.54 Å². The predicted octanol–water partition coefficient (Wildman–Crippen LogP) is 4.20. The van der Waals surface area contributed by atoms with Gasteiger partial charge in [0.1, 0.15) is 6.07 Å². The molecular formula is C13H17ClN2. The normalized spacial score (nSPS) is 9.81. The molecule has 2 nitrogen and oxygen atoms in total. The molecule has 0 bridgehead atoms. The summed E-state index contributed by atoms with van der Waals surface area (Å²) in [7, 11) is 0. The third-order valence-electron chi connectivity index (χ3n) is 2.47. The third-order valence-corrected chi connectivity index (χ3v) is 2.79. The van der Waals surface area contributed by atoms with Crippen LogP contribution < -0.4 is 5.32 Å². The van der Waals surface area contributed by atoms with Crippen LogP contribution in [0.15, 0.2) is 18.2 Å². The molecule has 0 amide bonds. The van der Waals surface area contributed by atoms with Gasteiger partial charge < -0.3 is 5.32 Å². The van der Waals surface area contributed by atoms with Crippen LogP contribution in [0.1, 0.15) is 38.2 Å². The first-order valence-electron chi connectivity index (χ1n) is 5.72. The molecule has 0 spiro atoms. The van der Waals surface area contributed by atoms with Crippen molar-refractivity contribution in [1.82, 2.24) is 0 Å². The second-order valence-electron chi connectivity index (χ2n) is 3.76. The lowest BCUT2D eigenvalue weighted by Crippen LogP contribution is -2.03. The van der Waals surface area contributed by atoms with Gasteiger partial charge in [-0.15, -0.1) is 0 Å². The van der Waals surface area contributed by atoms with E-state index >= 15 is 0 Å². The lowest BCUT2D eigenvalue weighted by Gasteiger charge is -2.08. The molecule has 0 aliphatic rings. The molecule has 0 radical (unpaired) electrons. The Kier molecular flexibility index (Phi) is 5.74. The first-order valence-corrected chi connectivity index (χ1v) is 6.10. The van der Waals surface area contributed by atoms with E-state index in [2.05, 4.69) is 18.3 Å². The molecule has 0 fully saturated rings. The van der Waals surface area contributed by atoms with Crippen molar-refractivity contribution in [3.8, 4) is 6.07 Å². The minimum Gasteiger partial charge on any atom is -0.384 e. The summed E-state index contributed by atoms with van der Waals surface area (Å²) in [5.74, 6) is 0. The van der Waals surface area contributed by atoms with Crippen LogP contribution in [0.3, 0.4) is 0 Å². The van der Waals surface area contributed by atoms with E-state index in [-0.39, 0.29) is 0 Å². The fourth-order valence-corrected chi connectivity index (χ4v) is 1.78. The van der Waals surface area contributed by atoms with Crippen molar-refractivity contribution in [2.24, 2.45) is 0 Å². The Bertz CT molecular complexity index is 369. The standard InChI is InChI=1S/C13H17ClN2/c1-2-3-4-5-9-16-13-8-6-7-12(14)11(13)10-15/h6-8,16H,2-5,9H2,1H3. The zero-order valence-corrected chi connectivity index (χ0v) is 10.3. The van der Waals surface area contributed by atoms with Gasteiger partial charge in [0.2, 0.25) is 0 Å². The Morgan fingerprint density at radius 2 is 2.12 bits per heavy atom. The van der Waals surface area contributed by atoms with Crippen LogP contribution >= 0.6 is 11.6 Å². The minimum atomic E-state index is 0.515. The van der Waals surface area contributed by atoms with Crippen LogP contribution in [0.5, 0.6) is 0 Å². The number of benzene rings is 1. The van der Waals surface area contributed by atoms with Gasteiger partial charge >= 0.3 is 0 Å². The topological polar surface area (TPSA) is 35.8 Å². The van der Waals surface area contributed by atoms with Crippen LogP contribution in [0.25, 0.3) is 0 Å². The van der Waals surface area contributed by atoms with Crippen LogP contribution in [-0.2, 0) is 0 Å². The average molecular weight is 237 g/mol. The summed E-state index contributed by atoms with van der Waals surface area (Å²) in [5, 5.41) is 12.7. The summed E-state index contributed by atoms with van der Waals surface area (Å²) in [6.07, 6.45) is 4.86. The minimum absolute atomic E-state index is 0.515. The van der Waals surface area contributed by atoms with E-state index in [1.165, 1.54) is 19.3 Å². The van der Waals surface area contributed by atoms with E-state index in [1.54, 1.807) is 6.07 Å². The zero-order valence-electron chi connectivity index (χ0n) is 9.59. The smallest absolute Gasteiger partial charge is 0.103 e. The van der Waals surface area contributed by atoms with Crippen LogP contribution in [0.4, 0.5) is 5.69 Å². The summed E-state index contributed by atoms with van der Waals surface area (Å²) < 4.78 is 0. The largest absolute Gasteiger partial charge is 0.384 e. The molecule has 1 rings (SSSR count). The van der Waals surface area contributed by atoms with Crippen molar-refractivity contribution < 1.29 is 0 Å². The van der Waals surface area contributed by atoms with Crippen molar-refractivity contribution in [2.45, 2.75) is 32.6 Å². The molecule has 0 saturated carbocycles. The first kappa shape index (κ1) is 12.9. The van der Waals surface area contributed by atoms with E-state index in [9.17, 15) is 0 Å². The SMILES string of the molecule is CCCCCCNc1cccc(Cl)c1C#N. The Balaban J connectivity index is 2.48. The third kappa shape index (κ3) is 3.75. The van der Waals surface area contributed by atoms with Gasteiger partial charge in [-0.05, 0) is 18.6 Å². The highest BCUT2D eigenvalue weighted by Crippen LogP contribution is 2.23. The van der Waals surface area contributed by atoms with Crippen molar-refractivity contribution >= 4 is 17.3 Å². The molecule has 0 aliphatic carbocycles. The van der Waals surface area contributed by atoms with E-state index < -0.39 is 0 Å². The number of nitriles is 1. The number of rotatable bonds is 6. The molecule has 0 saturated heterocycles. The van der Waals surface area contributed by atoms with Crippen LogP contribution in [0.2, 0.25) is 5.02 Å². The average Bonchev–Trinajstić information content (AvgIpc) is 2.29. The number of nitrogens with one attached hydrogen (secondary N) is 1. The van der Waals surface area contributed by atoms with Crippen molar-refractivity contribution in [3.63, 3.8) is 0 Å². The molecule has 1 aromatic carbocycles. The molecule has 16 heavy (non-hydrogen) atoms. The zero-order chi connectivity index (χ0) is 11.8. The Hall–Kier alpha value is -1.20. The van der Waals surface area contributed by atoms with Gasteiger partial charge in [0.05, 0.1) is 16.3 Å². The number of halogens is 1. The highest BCUT2D eigenvalue weighted by atomic mass is 35.5. The summed E-state index contributed by atoms with van der Waals surface area (Å²) in [5.41, 5.74) is 1.38. The Morgan fingerprint density at radius 1 is 1.31 bits per heavy atom. The monoisotopic (exact) mass is 236 g/mol. The molecule has 0 unspecified atom stereocenters. The van der Waals surface area contributed by atoms with Gasteiger partial charge in [-0.2, -0.15) is 5.26 Å². The number of unbranched alkanes of at least 4 members (excludes halogenated alkanes) is 3. The molecule has 0 atom stereocenters. The van der Waals surface area contributed by atoms with Gasteiger partial charge in [0, 0.05) is 6.54 Å². The fraction of sp³-hybridized carbons (Fsp3) is 0.462. The van der Waals surface area contributed by atoms with Crippen molar-refractivity contribution in [2.75, 3.05) is 11.9 Å². The van der Waals surface area contributed by atoms with Gasteiger partial charge in [-0.25, -0.2) is 0 Å². The van der Waals surface area contributed by atoms with E-state index in [0.29, 0.717) is 10.6 Å². The second-order valence-corrected chi connectivity index (χ2v) is 4.17. The summed E-state index contributed by atoms with van der Waals surface area (Å²) in [6, 6.07) is 7.61. The van der Waals surface area contributed by atoms with Crippen molar-refractivity contribution in [1.29, 1.82) is 5.26 Å². The lowest BCUT2D eigenvalue weighted by molar-refractivity contribution is 0.685. The molecule has 0 aliphatic heterocycles. The predicted molar refractivity (Wildman–Crippen MR) is 68.8 cm³/mol. The number of hydrogen-bond acceptors (Lipinski definition) is 2. The number of hydrogen-bond donors (Lipinski definition) is 1. The second kappa shape index (κ2) is 7.14. The Labute approximate surface area is 102 Å². The first-order chi connectivity index (χ1) is 7.79. The van der Waals surface area contributed by atoms with Crippen molar-refractivity contribution in [3.05, 3.63) is 28.8 Å². The molecule has 1 N–H and O–H groups in total. The van der Waals surface area contributed by atoms with Crippen LogP contribution in [0, 0.1) is 11.3 Å². The maximum absolute atomic E-state index is 8.97. The van der Waals surface area contributed by atoms with Gasteiger partial charge in [-0.1, -0.05) is 43.9 Å². The molecule has 1 aromatic rings. The maximum Gasteiger partial charge on any atom is 0.103 e. The lowest BCUT2D eigenvalue weighted by atomic mass is 10.1. The highest BCUT2D eigenvalue weighted by molar-refractivity contribution is 6.32. The van der Waals surface area contributed by atoms with E-state index in [4.69, 9.17) is 16.9 Å². The van der Waals surface area contributed by atoms with Gasteiger partial charge in [-0.3, -0.25) is 0 Å². The summed E-state index contributed by atoms with van der Waals surface area (Å²) in [4.78, 5) is 0. The molecule has 86 valence electrons. The molecular weight excluding hydrogens is 220 g/mol. The summed E-state index contributed by atoms with van der Waals surface area (Å²) in [6.45, 7) is 3.09. The number of nitrogens with zero attached hydrogens (tertiary/aromatic N) is 1. The van der Waals surface area contributed by atoms with Gasteiger partial charge in [0.15, 0.2) is 0 Å². The van der Waals surface area contributed by atoms with Gasteiger partial charge in [0.25, 0.3) is 0 Å². The highest BCUT2D eigenvalue weighted by Gasteiger charge is 2.04. The quantitative estimate of drug-likeness (QED) is 0.752. The molecule has 0 aromatic heterocycles. The summed E-state index contributed by atoms with van der Waals surface area (Å²) >= 11 is 5.93.